The number of benzene rings is 1. The molecule has 1 aromatic carbocycles. The van der Waals surface area contributed by atoms with E-state index in [2.05, 4.69) is 12.2 Å². The first-order valence-electron chi connectivity index (χ1n) is 6.32. The van der Waals surface area contributed by atoms with Crippen LogP contribution >= 0.6 is 11.6 Å². The molecular formula is C14H21ClN2O. The summed E-state index contributed by atoms with van der Waals surface area (Å²) in [6.07, 6.45) is 2.26. The fourth-order valence-electron chi connectivity index (χ4n) is 1.64. The van der Waals surface area contributed by atoms with Gasteiger partial charge in [-0.15, -0.1) is 0 Å². The number of nitrogens with one attached hydrogen (secondary N) is 1. The van der Waals surface area contributed by atoms with Crippen molar-refractivity contribution in [1.29, 1.82) is 0 Å². The molecule has 0 saturated heterocycles. The van der Waals surface area contributed by atoms with Crippen LogP contribution in [0.4, 0.5) is 0 Å². The molecular weight excluding hydrogens is 248 g/mol. The standard InChI is InChI=1S/C14H21ClN2O/c1-3-4-9-17(2)11-14(18)16-10-12-7-5-6-8-13(12)15/h5-8H,3-4,9-11H2,1-2H3,(H,16,18). The molecule has 0 fully saturated rings. The minimum atomic E-state index is 0.0357. The number of halogens is 1. The van der Waals surface area contributed by atoms with E-state index in [0.717, 1.165) is 24.9 Å². The van der Waals surface area contributed by atoms with Gasteiger partial charge < -0.3 is 5.32 Å². The fourth-order valence-corrected chi connectivity index (χ4v) is 1.85. The Kier molecular flexibility index (Phi) is 6.76. The van der Waals surface area contributed by atoms with Crippen molar-refractivity contribution in [1.82, 2.24) is 10.2 Å². The van der Waals surface area contributed by atoms with Gasteiger partial charge in [0, 0.05) is 11.6 Å². The lowest BCUT2D eigenvalue weighted by Crippen LogP contribution is -2.35. The predicted octanol–water partition coefficient (Wildman–Crippen LogP) is 2.69. The van der Waals surface area contributed by atoms with Gasteiger partial charge in [0.25, 0.3) is 0 Å². The highest BCUT2D eigenvalue weighted by atomic mass is 35.5. The van der Waals surface area contributed by atoms with E-state index >= 15 is 0 Å². The number of rotatable bonds is 7. The predicted molar refractivity (Wildman–Crippen MR) is 75.7 cm³/mol. The third-order valence-electron chi connectivity index (χ3n) is 2.74. The van der Waals surface area contributed by atoms with Crippen LogP contribution < -0.4 is 5.32 Å². The van der Waals surface area contributed by atoms with Crippen molar-refractivity contribution in [3.8, 4) is 0 Å². The Morgan fingerprint density at radius 1 is 1.39 bits per heavy atom. The van der Waals surface area contributed by atoms with Crippen molar-refractivity contribution in [2.24, 2.45) is 0 Å². The summed E-state index contributed by atoms with van der Waals surface area (Å²) in [7, 11) is 1.96. The molecule has 0 atom stereocenters. The molecule has 0 radical (unpaired) electrons. The lowest BCUT2D eigenvalue weighted by atomic mass is 10.2. The van der Waals surface area contributed by atoms with Gasteiger partial charge in [-0.2, -0.15) is 0 Å². The lowest BCUT2D eigenvalue weighted by molar-refractivity contribution is -0.122. The van der Waals surface area contributed by atoms with Crippen molar-refractivity contribution in [3.63, 3.8) is 0 Å². The molecule has 0 heterocycles. The number of unbranched alkanes of at least 4 members (excludes halogenated alkanes) is 1. The average Bonchev–Trinajstić information content (AvgIpc) is 2.35. The number of likely N-dealkylation sites (N-methyl/N-ethyl adjacent to an activating group) is 1. The van der Waals surface area contributed by atoms with E-state index in [1.165, 1.54) is 0 Å². The molecule has 1 amide bonds. The molecule has 0 saturated carbocycles. The van der Waals surface area contributed by atoms with Crippen molar-refractivity contribution < 1.29 is 4.79 Å². The number of nitrogens with zero attached hydrogens (tertiary/aromatic N) is 1. The van der Waals surface area contributed by atoms with Crippen LogP contribution in [0.3, 0.4) is 0 Å². The molecule has 1 rings (SSSR count). The van der Waals surface area contributed by atoms with E-state index in [1.807, 2.05) is 36.2 Å². The second kappa shape index (κ2) is 8.11. The highest BCUT2D eigenvalue weighted by Gasteiger charge is 2.06. The van der Waals surface area contributed by atoms with Crippen molar-refractivity contribution in [3.05, 3.63) is 34.9 Å². The molecule has 0 aliphatic rings. The normalized spacial score (nSPS) is 10.7. The van der Waals surface area contributed by atoms with Crippen LogP contribution in [0.5, 0.6) is 0 Å². The largest absolute Gasteiger partial charge is 0.351 e. The first kappa shape index (κ1) is 15.0. The molecule has 4 heteroatoms. The summed E-state index contributed by atoms with van der Waals surface area (Å²) in [5.74, 6) is 0.0357. The summed E-state index contributed by atoms with van der Waals surface area (Å²) in [5.41, 5.74) is 0.948. The van der Waals surface area contributed by atoms with Crippen LogP contribution in [0, 0.1) is 0 Å². The topological polar surface area (TPSA) is 32.3 Å². The quantitative estimate of drug-likeness (QED) is 0.825. The minimum Gasteiger partial charge on any atom is -0.351 e. The maximum atomic E-state index is 11.7. The molecule has 0 bridgehead atoms. The van der Waals surface area contributed by atoms with Crippen LogP contribution in [-0.4, -0.2) is 30.9 Å². The van der Waals surface area contributed by atoms with E-state index in [9.17, 15) is 4.79 Å². The van der Waals surface area contributed by atoms with E-state index in [4.69, 9.17) is 11.6 Å². The molecule has 3 nitrogen and oxygen atoms in total. The van der Waals surface area contributed by atoms with E-state index in [0.29, 0.717) is 18.1 Å². The first-order chi connectivity index (χ1) is 8.63. The van der Waals surface area contributed by atoms with E-state index in [1.54, 1.807) is 0 Å². The summed E-state index contributed by atoms with van der Waals surface area (Å²) >= 11 is 6.02. The Labute approximate surface area is 114 Å². The average molecular weight is 269 g/mol. The van der Waals surface area contributed by atoms with Gasteiger partial charge in [0.2, 0.25) is 5.91 Å². The SMILES string of the molecule is CCCCN(C)CC(=O)NCc1ccccc1Cl. The monoisotopic (exact) mass is 268 g/mol. The number of carbonyl (C=O) groups is 1. The third-order valence-corrected chi connectivity index (χ3v) is 3.11. The Morgan fingerprint density at radius 2 is 2.11 bits per heavy atom. The second-order valence-corrected chi connectivity index (χ2v) is 4.87. The third kappa shape index (κ3) is 5.52. The van der Waals surface area contributed by atoms with E-state index in [-0.39, 0.29) is 5.91 Å². The van der Waals surface area contributed by atoms with Crippen LogP contribution in [0.25, 0.3) is 0 Å². The Hall–Kier alpha value is -1.06. The highest BCUT2D eigenvalue weighted by molar-refractivity contribution is 6.31. The molecule has 0 aliphatic carbocycles. The molecule has 100 valence electrons. The van der Waals surface area contributed by atoms with Crippen LogP contribution in [0.1, 0.15) is 25.3 Å². The van der Waals surface area contributed by atoms with Gasteiger partial charge in [-0.05, 0) is 31.6 Å². The van der Waals surface area contributed by atoms with Gasteiger partial charge in [-0.3, -0.25) is 9.69 Å². The van der Waals surface area contributed by atoms with Gasteiger partial charge in [0.05, 0.1) is 6.54 Å². The van der Waals surface area contributed by atoms with Crippen LogP contribution in [0.15, 0.2) is 24.3 Å². The van der Waals surface area contributed by atoms with Gasteiger partial charge in [0.1, 0.15) is 0 Å². The first-order valence-corrected chi connectivity index (χ1v) is 6.70. The minimum absolute atomic E-state index is 0.0357. The molecule has 1 aromatic rings. The number of hydrogen-bond acceptors (Lipinski definition) is 2. The Balaban J connectivity index is 2.31. The summed E-state index contributed by atoms with van der Waals surface area (Å²) in [4.78, 5) is 13.7. The van der Waals surface area contributed by atoms with Crippen LogP contribution in [-0.2, 0) is 11.3 Å². The second-order valence-electron chi connectivity index (χ2n) is 4.46. The van der Waals surface area contributed by atoms with E-state index < -0.39 is 0 Å². The summed E-state index contributed by atoms with van der Waals surface area (Å²) in [5, 5.41) is 3.57. The lowest BCUT2D eigenvalue weighted by Gasteiger charge is -2.15. The molecule has 0 aromatic heterocycles. The number of carbonyl (C=O) groups excluding carboxylic acids is 1. The van der Waals surface area contributed by atoms with Crippen molar-refractivity contribution >= 4 is 17.5 Å². The van der Waals surface area contributed by atoms with Crippen molar-refractivity contribution in [2.75, 3.05) is 20.1 Å². The van der Waals surface area contributed by atoms with Crippen LogP contribution in [0.2, 0.25) is 5.02 Å². The maximum Gasteiger partial charge on any atom is 0.234 e. The van der Waals surface area contributed by atoms with Gasteiger partial charge in [-0.25, -0.2) is 0 Å². The smallest absolute Gasteiger partial charge is 0.234 e. The fraction of sp³-hybridized carbons (Fsp3) is 0.500. The molecule has 18 heavy (non-hydrogen) atoms. The summed E-state index contributed by atoms with van der Waals surface area (Å²) < 4.78 is 0. The van der Waals surface area contributed by atoms with Gasteiger partial charge in [0.15, 0.2) is 0 Å². The Morgan fingerprint density at radius 3 is 2.78 bits per heavy atom. The zero-order chi connectivity index (χ0) is 13.4. The summed E-state index contributed by atoms with van der Waals surface area (Å²) in [6.45, 7) is 4.02. The van der Waals surface area contributed by atoms with Crippen molar-refractivity contribution in [2.45, 2.75) is 26.3 Å². The zero-order valence-electron chi connectivity index (χ0n) is 11.1. The maximum absolute atomic E-state index is 11.7. The molecule has 1 N–H and O–H groups in total. The molecule has 0 unspecified atom stereocenters. The number of hydrogen-bond donors (Lipinski definition) is 1. The Bertz CT molecular complexity index is 382. The molecule has 0 spiro atoms. The highest BCUT2D eigenvalue weighted by Crippen LogP contribution is 2.14. The molecule has 0 aliphatic heterocycles. The van der Waals surface area contributed by atoms with Gasteiger partial charge >= 0.3 is 0 Å². The number of amides is 1. The summed E-state index contributed by atoms with van der Waals surface area (Å²) in [6, 6.07) is 7.55. The zero-order valence-corrected chi connectivity index (χ0v) is 11.8. The van der Waals surface area contributed by atoms with Gasteiger partial charge in [-0.1, -0.05) is 43.1 Å².